The number of phenolic OH excluding ortho intramolecular Hbond substituents is 1. The van der Waals surface area contributed by atoms with Gasteiger partial charge in [0.05, 0.1) is 16.6 Å². The van der Waals surface area contributed by atoms with Crippen LogP contribution in [-0.4, -0.2) is 21.2 Å². The van der Waals surface area contributed by atoms with Gasteiger partial charge in [-0.1, -0.05) is 12.1 Å². The molecule has 0 amide bonds. The van der Waals surface area contributed by atoms with Crippen molar-refractivity contribution in [2.24, 2.45) is 5.92 Å². The predicted octanol–water partition coefficient (Wildman–Crippen LogP) is 2.63. The van der Waals surface area contributed by atoms with Crippen LogP contribution in [0.5, 0.6) is 5.75 Å². The number of benzene rings is 1. The Kier molecular flexibility index (Phi) is 3.44. The fourth-order valence-electron chi connectivity index (χ4n) is 2.56. The van der Waals surface area contributed by atoms with E-state index >= 15 is 0 Å². The molecular weight excluding hydrogens is 274 g/mol. The van der Waals surface area contributed by atoms with Gasteiger partial charge in [0.1, 0.15) is 5.75 Å². The quantitative estimate of drug-likeness (QED) is 0.911. The Balaban J connectivity index is 1.79. The van der Waals surface area contributed by atoms with E-state index in [1.165, 1.54) is 0 Å². The summed E-state index contributed by atoms with van der Waals surface area (Å²) in [6.07, 6.45) is 2.71. The van der Waals surface area contributed by atoms with Crippen molar-refractivity contribution in [1.29, 1.82) is 0 Å². The van der Waals surface area contributed by atoms with E-state index in [1.54, 1.807) is 23.5 Å². The van der Waals surface area contributed by atoms with E-state index in [0.717, 1.165) is 27.6 Å². The molecule has 0 fully saturated rings. The predicted molar refractivity (Wildman–Crippen MR) is 76.2 cm³/mol. The minimum atomic E-state index is -0.710. The van der Waals surface area contributed by atoms with E-state index in [1.807, 2.05) is 12.1 Å². The van der Waals surface area contributed by atoms with Crippen LogP contribution in [0.2, 0.25) is 0 Å². The molecule has 1 aromatic carbocycles. The summed E-state index contributed by atoms with van der Waals surface area (Å²) in [6.45, 7) is 0. The maximum Gasteiger partial charge on any atom is 0.306 e. The van der Waals surface area contributed by atoms with Gasteiger partial charge in [-0.2, -0.15) is 0 Å². The number of aromatic hydroxyl groups is 1. The number of aliphatic carboxylic acids is 1. The average molecular weight is 289 g/mol. The summed E-state index contributed by atoms with van der Waals surface area (Å²) in [5, 5.41) is 19.6. The molecule has 0 bridgehead atoms. The van der Waals surface area contributed by atoms with Crippen LogP contribution in [0.1, 0.15) is 27.6 Å². The van der Waals surface area contributed by atoms with Crippen LogP contribution in [0.15, 0.2) is 24.3 Å². The van der Waals surface area contributed by atoms with Crippen LogP contribution in [0, 0.1) is 5.92 Å². The smallest absolute Gasteiger partial charge is 0.306 e. The van der Waals surface area contributed by atoms with E-state index in [0.29, 0.717) is 19.3 Å². The Labute approximate surface area is 120 Å². The molecule has 0 spiro atoms. The summed E-state index contributed by atoms with van der Waals surface area (Å²) in [6, 6.07) is 7.16. The topological polar surface area (TPSA) is 70.4 Å². The Hall–Kier alpha value is -1.88. The van der Waals surface area contributed by atoms with Crippen LogP contribution in [-0.2, 0) is 24.1 Å². The molecule has 2 N–H and O–H groups in total. The fourth-order valence-corrected chi connectivity index (χ4v) is 3.79. The van der Waals surface area contributed by atoms with Crippen LogP contribution in [0.3, 0.4) is 0 Å². The number of carboxylic acids is 1. The number of carboxylic acid groups (broad SMARTS) is 1. The number of hydrogen-bond donors (Lipinski definition) is 2. The van der Waals surface area contributed by atoms with Gasteiger partial charge in [0, 0.05) is 11.3 Å². The van der Waals surface area contributed by atoms with Gasteiger partial charge >= 0.3 is 5.97 Å². The minimum absolute atomic E-state index is 0.259. The third kappa shape index (κ3) is 2.67. The van der Waals surface area contributed by atoms with E-state index in [9.17, 15) is 9.90 Å². The fraction of sp³-hybridized carbons (Fsp3) is 0.333. The second-order valence-corrected chi connectivity index (χ2v) is 6.27. The van der Waals surface area contributed by atoms with Gasteiger partial charge < -0.3 is 10.2 Å². The van der Waals surface area contributed by atoms with Crippen molar-refractivity contribution in [3.63, 3.8) is 0 Å². The highest BCUT2D eigenvalue weighted by atomic mass is 32.1. The number of aromatic nitrogens is 1. The van der Waals surface area contributed by atoms with Crippen molar-refractivity contribution in [2.75, 3.05) is 0 Å². The standard InChI is InChI=1S/C15H15NO3S/c17-11-3-1-2-9(6-11)7-14-16-12-5-4-10(15(18)19)8-13(12)20-14/h1-3,6,10,17H,4-5,7-8H2,(H,18,19). The van der Waals surface area contributed by atoms with Crippen molar-refractivity contribution in [3.05, 3.63) is 45.4 Å². The largest absolute Gasteiger partial charge is 0.508 e. The second kappa shape index (κ2) is 5.25. The maximum absolute atomic E-state index is 11.1. The monoisotopic (exact) mass is 289 g/mol. The zero-order chi connectivity index (χ0) is 14.1. The second-order valence-electron chi connectivity index (χ2n) is 5.10. The number of nitrogens with zero attached hydrogens (tertiary/aromatic N) is 1. The molecule has 4 nitrogen and oxygen atoms in total. The summed E-state index contributed by atoms with van der Waals surface area (Å²) in [5.41, 5.74) is 2.08. The lowest BCUT2D eigenvalue weighted by Crippen LogP contribution is -2.21. The van der Waals surface area contributed by atoms with Crippen LogP contribution < -0.4 is 0 Å². The normalized spacial score (nSPS) is 17.7. The van der Waals surface area contributed by atoms with Crippen molar-refractivity contribution < 1.29 is 15.0 Å². The van der Waals surface area contributed by atoms with E-state index in [4.69, 9.17) is 5.11 Å². The number of carbonyl (C=O) groups is 1. The van der Waals surface area contributed by atoms with Crippen LogP contribution in [0.25, 0.3) is 0 Å². The number of aryl methyl sites for hydroxylation is 1. The first-order chi connectivity index (χ1) is 9.61. The summed E-state index contributed by atoms with van der Waals surface area (Å²) < 4.78 is 0. The van der Waals surface area contributed by atoms with Crippen molar-refractivity contribution in [3.8, 4) is 5.75 Å². The zero-order valence-corrected chi connectivity index (χ0v) is 11.7. The molecule has 104 valence electrons. The van der Waals surface area contributed by atoms with Crippen LogP contribution >= 0.6 is 11.3 Å². The highest BCUT2D eigenvalue weighted by Crippen LogP contribution is 2.31. The van der Waals surface area contributed by atoms with Gasteiger partial charge in [0.15, 0.2) is 0 Å². The number of fused-ring (bicyclic) bond motifs is 1. The van der Waals surface area contributed by atoms with Gasteiger partial charge in [0.25, 0.3) is 0 Å². The number of thiazole rings is 1. The summed E-state index contributed by atoms with van der Waals surface area (Å²) in [5.74, 6) is -0.718. The maximum atomic E-state index is 11.1. The molecule has 20 heavy (non-hydrogen) atoms. The molecule has 1 aliphatic carbocycles. The molecule has 1 unspecified atom stereocenters. The van der Waals surface area contributed by atoms with Gasteiger partial charge in [-0.25, -0.2) is 4.98 Å². The summed E-state index contributed by atoms with van der Waals surface area (Å²) in [4.78, 5) is 16.8. The molecule has 2 aromatic rings. The molecule has 0 saturated carbocycles. The van der Waals surface area contributed by atoms with Gasteiger partial charge in [-0.3, -0.25) is 4.79 Å². The zero-order valence-electron chi connectivity index (χ0n) is 10.9. The molecule has 0 saturated heterocycles. The van der Waals surface area contributed by atoms with Gasteiger partial charge in [0.2, 0.25) is 0 Å². The molecule has 0 radical (unpaired) electrons. The highest BCUT2D eigenvalue weighted by molar-refractivity contribution is 7.11. The third-order valence-electron chi connectivity index (χ3n) is 3.60. The molecule has 1 atom stereocenters. The van der Waals surface area contributed by atoms with E-state index < -0.39 is 5.97 Å². The lowest BCUT2D eigenvalue weighted by Gasteiger charge is -2.16. The summed E-state index contributed by atoms with van der Waals surface area (Å²) in [7, 11) is 0. The van der Waals surface area contributed by atoms with E-state index in [2.05, 4.69) is 4.98 Å². The van der Waals surface area contributed by atoms with Gasteiger partial charge in [-0.15, -0.1) is 11.3 Å². The van der Waals surface area contributed by atoms with Gasteiger partial charge in [-0.05, 0) is 37.0 Å². The Morgan fingerprint density at radius 1 is 1.45 bits per heavy atom. The molecular formula is C15H15NO3S. The van der Waals surface area contributed by atoms with Crippen molar-refractivity contribution in [2.45, 2.75) is 25.7 Å². The van der Waals surface area contributed by atoms with Crippen LogP contribution in [0.4, 0.5) is 0 Å². The van der Waals surface area contributed by atoms with Crippen molar-refractivity contribution >= 4 is 17.3 Å². The number of phenols is 1. The van der Waals surface area contributed by atoms with E-state index in [-0.39, 0.29) is 11.7 Å². The SMILES string of the molecule is O=C(O)C1CCc2nc(Cc3cccc(O)c3)sc2C1. The molecule has 0 aliphatic heterocycles. The molecule has 1 heterocycles. The lowest BCUT2D eigenvalue weighted by molar-refractivity contribution is -0.142. The lowest BCUT2D eigenvalue weighted by atomic mass is 9.91. The molecule has 1 aromatic heterocycles. The summed E-state index contributed by atoms with van der Waals surface area (Å²) >= 11 is 1.60. The Morgan fingerprint density at radius 3 is 3.05 bits per heavy atom. The number of rotatable bonds is 3. The number of hydrogen-bond acceptors (Lipinski definition) is 4. The first-order valence-electron chi connectivity index (χ1n) is 6.60. The highest BCUT2D eigenvalue weighted by Gasteiger charge is 2.27. The van der Waals surface area contributed by atoms with Crippen molar-refractivity contribution in [1.82, 2.24) is 4.98 Å². The Bertz CT molecular complexity index is 650. The minimum Gasteiger partial charge on any atom is -0.508 e. The molecule has 5 heteroatoms. The Morgan fingerprint density at radius 2 is 2.30 bits per heavy atom. The third-order valence-corrected chi connectivity index (χ3v) is 4.72. The average Bonchev–Trinajstić information content (AvgIpc) is 2.79. The first-order valence-corrected chi connectivity index (χ1v) is 7.41. The first kappa shape index (κ1) is 13.1. The molecule has 3 rings (SSSR count). The molecule has 1 aliphatic rings.